The van der Waals surface area contributed by atoms with E-state index in [2.05, 4.69) is 20.4 Å². The van der Waals surface area contributed by atoms with Crippen molar-refractivity contribution in [3.63, 3.8) is 0 Å². The zero-order valence-electron chi connectivity index (χ0n) is 11.0. The zero-order chi connectivity index (χ0) is 13.9. The number of rotatable bonds is 4. The molecule has 0 radical (unpaired) electrons. The van der Waals surface area contributed by atoms with E-state index in [9.17, 15) is 0 Å². The van der Waals surface area contributed by atoms with Crippen LogP contribution in [0.25, 0.3) is 11.0 Å². The van der Waals surface area contributed by atoms with Crippen molar-refractivity contribution in [3.8, 4) is 0 Å². The third-order valence-corrected chi connectivity index (χ3v) is 3.51. The van der Waals surface area contributed by atoms with E-state index in [0.717, 1.165) is 22.4 Å². The Kier molecular flexibility index (Phi) is 3.52. The van der Waals surface area contributed by atoms with Gasteiger partial charge < -0.3 is 5.32 Å². The van der Waals surface area contributed by atoms with Crippen LogP contribution >= 0.6 is 11.6 Å². The smallest absolute Gasteiger partial charge is 0.163 e. The fraction of sp³-hybridized carbons (Fsp3) is 0.214. The highest BCUT2D eigenvalue weighted by atomic mass is 35.5. The van der Waals surface area contributed by atoms with Crippen molar-refractivity contribution in [1.82, 2.24) is 19.7 Å². The summed E-state index contributed by atoms with van der Waals surface area (Å²) in [5.74, 6) is 1.20. The topological polar surface area (TPSA) is 55.6 Å². The third-order valence-electron chi connectivity index (χ3n) is 3.20. The van der Waals surface area contributed by atoms with Crippen LogP contribution in [0.2, 0.25) is 0 Å². The molecule has 0 aliphatic heterocycles. The number of anilines is 1. The maximum atomic E-state index is 6.08. The number of benzene rings is 1. The number of fused-ring (bicyclic) bond motifs is 1. The lowest BCUT2D eigenvalue weighted by Gasteiger charge is -2.17. The predicted octanol–water partition coefficient (Wildman–Crippen LogP) is 2.76. The summed E-state index contributed by atoms with van der Waals surface area (Å²) in [6.07, 6.45) is 3.29. The highest BCUT2D eigenvalue weighted by Crippen LogP contribution is 2.24. The van der Waals surface area contributed by atoms with Crippen LogP contribution in [0.15, 0.2) is 42.9 Å². The summed E-state index contributed by atoms with van der Waals surface area (Å²) in [6, 6.07) is 10.1. The van der Waals surface area contributed by atoms with Crippen LogP contribution in [0.1, 0.15) is 11.6 Å². The van der Waals surface area contributed by atoms with E-state index in [4.69, 9.17) is 11.6 Å². The van der Waals surface area contributed by atoms with Gasteiger partial charge in [-0.1, -0.05) is 30.3 Å². The van der Waals surface area contributed by atoms with Crippen LogP contribution in [0.5, 0.6) is 0 Å². The van der Waals surface area contributed by atoms with Gasteiger partial charge in [-0.2, -0.15) is 5.10 Å². The average molecular weight is 288 g/mol. The fourth-order valence-corrected chi connectivity index (χ4v) is 2.39. The second-order valence-corrected chi connectivity index (χ2v) is 4.80. The normalized spacial score (nSPS) is 12.5. The predicted molar refractivity (Wildman–Crippen MR) is 79.8 cm³/mol. The Morgan fingerprint density at radius 3 is 2.80 bits per heavy atom. The van der Waals surface area contributed by atoms with Gasteiger partial charge in [0.2, 0.25) is 0 Å². The standard InChI is InChI=1S/C14H14ClN5/c1-20-14-11(8-18-20)13(16-9-17-14)19-12(7-15)10-5-3-2-4-6-10/h2-6,8-9,12H,7H2,1H3,(H,16,17,19). The molecule has 0 saturated heterocycles. The van der Waals surface area contributed by atoms with Crippen molar-refractivity contribution in [2.24, 2.45) is 7.05 Å². The molecule has 0 spiro atoms. The molecule has 2 heterocycles. The SMILES string of the molecule is Cn1ncc2c(NC(CCl)c3ccccc3)ncnc21. The van der Waals surface area contributed by atoms with E-state index in [-0.39, 0.29) is 6.04 Å². The highest BCUT2D eigenvalue weighted by molar-refractivity contribution is 6.18. The number of aromatic nitrogens is 4. The quantitative estimate of drug-likeness (QED) is 0.750. The molecule has 0 saturated carbocycles. The summed E-state index contributed by atoms with van der Waals surface area (Å²) in [6.45, 7) is 0. The largest absolute Gasteiger partial charge is 0.361 e. The minimum absolute atomic E-state index is 0.00354. The van der Waals surface area contributed by atoms with Gasteiger partial charge >= 0.3 is 0 Å². The molecular weight excluding hydrogens is 274 g/mol. The van der Waals surface area contributed by atoms with Gasteiger partial charge in [-0.25, -0.2) is 9.97 Å². The molecule has 1 atom stereocenters. The van der Waals surface area contributed by atoms with E-state index < -0.39 is 0 Å². The Balaban J connectivity index is 1.96. The second-order valence-electron chi connectivity index (χ2n) is 4.49. The van der Waals surface area contributed by atoms with E-state index in [1.54, 1.807) is 10.9 Å². The minimum atomic E-state index is -0.00354. The van der Waals surface area contributed by atoms with Crippen molar-refractivity contribution in [3.05, 3.63) is 48.4 Å². The van der Waals surface area contributed by atoms with Gasteiger partial charge in [-0.3, -0.25) is 4.68 Å². The summed E-state index contributed by atoms with van der Waals surface area (Å²) in [5.41, 5.74) is 1.92. The molecule has 2 aromatic heterocycles. The molecule has 0 bridgehead atoms. The van der Waals surface area contributed by atoms with E-state index in [1.807, 2.05) is 37.4 Å². The van der Waals surface area contributed by atoms with Gasteiger partial charge in [0.1, 0.15) is 12.1 Å². The fourth-order valence-electron chi connectivity index (χ4n) is 2.14. The lowest BCUT2D eigenvalue weighted by atomic mass is 10.1. The second kappa shape index (κ2) is 5.46. The van der Waals surface area contributed by atoms with Gasteiger partial charge in [-0.05, 0) is 5.56 Å². The van der Waals surface area contributed by atoms with Crippen LogP contribution in [-0.2, 0) is 7.05 Å². The molecular formula is C14H14ClN5. The van der Waals surface area contributed by atoms with Crippen molar-refractivity contribution < 1.29 is 0 Å². The first-order chi connectivity index (χ1) is 9.79. The molecule has 1 N–H and O–H groups in total. The Morgan fingerprint density at radius 1 is 1.25 bits per heavy atom. The number of nitrogens with one attached hydrogen (secondary N) is 1. The third kappa shape index (κ3) is 2.32. The summed E-state index contributed by atoms with van der Waals surface area (Å²) in [5, 5.41) is 8.46. The molecule has 1 aromatic carbocycles. The van der Waals surface area contributed by atoms with Crippen LogP contribution in [0.4, 0.5) is 5.82 Å². The molecule has 20 heavy (non-hydrogen) atoms. The van der Waals surface area contributed by atoms with Gasteiger partial charge in [-0.15, -0.1) is 11.6 Å². The van der Waals surface area contributed by atoms with Crippen LogP contribution < -0.4 is 5.32 Å². The molecule has 6 heteroatoms. The van der Waals surface area contributed by atoms with Gasteiger partial charge in [0.05, 0.1) is 17.6 Å². The maximum Gasteiger partial charge on any atom is 0.163 e. The van der Waals surface area contributed by atoms with Crippen LogP contribution in [0, 0.1) is 0 Å². The maximum absolute atomic E-state index is 6.08. The van der Waals surface area contributed by atoms with Crippen molar-refractivity contribution in [1.29, 1.82) is 0 Å². The lowest BCUT2D eigenvalue weighted by molar-refractivity contribution is 0.785. The molecule has 0 aliphatic rings. The summed E-state index contributed by atoms with van der Waals surface area (Å²) < 4.78 is 1.72. The molecule has 0 fully saturated rings. The Morgan fingerprint density at radius 2 is 2.05 bits per heavy atom. The van der Waals surface area contributed by atoms with Gasteiger partial charge in [0.15, 0.2) is 5.65 Å². The molecule has 102 valence electrons. The minimum Gasteiger partial charge on any atom is -0.361 e. The first kappa shape index (κ1) is 12.9. The lowest BCUT2D eigenvalue weighted by Crippen LogP contribution is -2.13. The number of hydrogen-bond donors (Lipinski definition) is 1. The first-order valence-corrected chi connectivity index (χ1v) is 6.83. The first-order valence-electron chi connectivity index (χ1n) is 6.29. The highest BCUT2D eigenvalue weighted by Gasteiger charge is 2.14. The van der Waals surface area contributed by atoms with Gasteiger partial charge in [0, 0.05) is 12.9 Å². The summed E-state index contributed by atoms with van der Waals surface area (Å²) >= 11 is 6.08. The molecule has 0 amide bonds. The van der Waals surface area contributed by atoms with Crippen molar-refractivity contribution in [2.75, 3.05) is 11.2 Å². The van der Waals surface area contributed by atoms with Crippen LogP contribution in [-0.4, -0.2) is 25.6 Å². The molecule has 5 nitrogen and oxygen atoms in total. The van der Waals surface area contributed by atoms with Gasteiger partial charge in [0.25, 0.3) is 0 Å². The Labute approximate surface area is 121 Å². The number of aryl methyl sites for hydroxylation is 1. The number of hydrogen-bond acceptors (Lipinski definition) is 4. The number of nitrogens with zero attached hydrogens (tertiary/aromatic N) is 4. The monoisotopic (exact) mass is 287 g/mol. The van der Waals surface area contributed by atoms with Crippen molar-refractivity contribution in [2.45, 2.75) is 6.04 Å². The molecule has 0 aliphatic carbocycles. The van der Waals surface area contributed by atoms with Crippen molar-refractivity contribution >= 4 is 28.5 Å². The molecule has 1 unspecified atom stereocenters. The number of halogens is 1. The average Bonchev–Trinajstić information content (AvgIpc) is 2.88. The Bertz CT molecular complexity index is 710. The van der Waals surface area contributed by atoms with E-state index in [1.165, 1.54) is 6.33 Å². The summed E-state index contributed by atoms with van der Waals surface area (Å²) in [4.78, 5) is 8.52. The molecule has 3 rings (SSSR count). The summed E-state index contributed by atoms with van der Waals surface area (Å²) in [7, 11) is 1.86. The Hall–Kier alpha value is -2.14. The zero-order valence-corrected chi connectivity index (χ0v) is 11.7. The molecule has 3 aromatic rings. The van der Waals surface area contributed by atoms with Crippen LogP contribution in [0.3, 0.4) is 0 Å². The van der Waals surface area contributed by atoms with E-state index in [0.29, 0.717) is 5.88 Å². The number of alkyl halides is 1. The van der Waals surface area contributed by atoms with E-state index >= 15 is 0 Å².